The van der Waals surface area contributed by atoms with Crippen LogP contribution in [-0.2, 0) is 4.79 Å². The lowest BCUT2D eigenvalue weighted by molar-refractivity contribution is -0.131. The van der Waals surface area contributed by atoms with Crippen molar-refractivity contribution in [2.45, 2.75) is 13.8 Å². The maximum Gasteiger partial charge on any atom is 0.326 e. The summed E-state index contributed by atoms with van der Waals surface area (Å²) < 4.78 is 6.97. The van der Waals surface area contributed by atoms with Crippen molar-refractivity contribution < 1.29 is 14.3 Å². The Labute approximate surface area is 121 Å². The van der Waals surface area contributed by atoms with Crippen molar-refractivity contribution in [3.8, 4) is 11.4 Å². The van der Waals surface area contributed by atoms with Gasteiger partial charge in [0.05, 0.1) is 0 Å². The number of hydrogen-bond donors (Lipinski definition) is 0. The molecule has 0 unspecified atom stereocenters. The number of carbonyl (C=O) groups excluding carboxylic acids is 2. The fourth-order valence-electron chi connectivity index (χ4n) is 2.13. The van der Waals surface area contributed by atoms with Crippen molar-refractivity contribution in [2.75, 3.05) is 5.88 Å². The number of hydrogen-bond acceptors (Lipinski definition) is 3. The summed E-state index contributed by atoms with van der Waals surface area (Å²) in [5.74, 6) is -0.228. The zero-order valence-electron chi connectivity index (χ0n) is 11.2. The smallest absolute Gasteiger partial charge is 0.326 e. The number of nitrogens with zero attached hydrogens (tertiary/aromatic N) is 1. The number of aryl methyl sites for hydroxylation is 1. The maximum atomic E-state index is 11.1. The molecule has 1 heterocycles. The Morgan fingerprint density at radius 3 is 2.45 bits per heavy atom. The largest absolute Gasteiger partial charge is 0.426 e. The number of benzene rings is 1. The fourth-order valence-corrected chi connectivity index (χ4v) is 2.18. The Kier molecular flexibility index (Phi) is 4.25. The third-order valence-electron chi connectivity index (χ3n) is 3.03. The van der Waals surface area contributed by atoms with Gasteiger partial charge in [-0.3, -0.25) is 9.59 Å². The number of carbonyl (C=O) groups is 2. The predicted molar refractivity (Wildman–Crippen MR) is 77.0 cm³/mol. The van der Waals surface area contributed by atoms with E-state index in [2.05, 4.69) is 0 Å². The first-order valence-corrected chi connectivity index (χ1v) is 6.61. The molecule has 0 spiro atoms. The van der Waals surface area contributed by atoms with Crippen LogP contribution in [0.3, 0.4) is 0 Å². The number of aldehydes is 1. The number of alkyl halides is 1. The molecule has 2 rings (SSSR count). The van der Waals surface area contributed by atoms with Crippen LogP contribution in [0.15, 0.2) is 30.3 Å². The number of halogens is 1. The van der Waals surface area contributed by atoms with Crippen LogP contribution in [0.25, 0.3) is 5.69 Å². The summed E-state index contributed by atoms with van der Waals surface area (Å²) in [6.45, 7) is 3.82. The van der Waals surface area contributed by atoms with Gasteiger partial charge in [0.1, 0.15) is 11.6 Å². The van der Waals surface area contributed by atoms with Crippen molar-refractivity contribution >= 4 is 23.9 Å². The molecule has 0 bridgehead atoms. The van der Waals surface area contributed by atoms with Crippen molar-refractivity contribution in [2.24, 2.45) is 0 Å². The van der Waals surface area contributed by atoms with Gasteiger partial charge in [0.25, 0.3) is 0 Å². The van der Waals surface area contributed by atoms with Gasteiger partial charge in [0.2, 0.25) is 0 Å². The van der Waals surface area contributed by atoms with Gasteiger partial charge in [-0.05, 0) is 44.2 Å². The summed E-state index contributed by atoms with van der Waals surface area (Å²) in [5.41, 5.74) is 3.41. The van der Waals surface area contributed by atoms with Gasteiger partial charge in [0.15, 0.2) is 6.29 Å². The molecule has 0 aliphatic heterocycles. The first kappa shape index (κ1) is 14.3. The molecule has 0 aliphatic rings. The SMILES string of the molecule is Cc1cc(C=O)c(C)n1-c1ccc(OC(=O)CCl)cc1. The van der Waals surface area contributed by atoms with E-state index in [4.69, 9.17) is 16.3 Å². The Balaban J connectivity index is 2.33. The zero-order valence-corrected chi connectivity index (χ0v) is 12.0. The van der Waals surface area contributed by atoms with Crippen molar-refractivity contribution in [3.05, 3.63) is 47.3 Å². The van der Waals surface area contributed by atoms with Crippen molar-refractivity contribution in [1.29, 1.82) is 0 Å². The van der Waals surface area contributed by atoms with E-state index in [1.165, 1.54) is 0 Å². The second-order valence-electron chi connectivity index (χ2n) is 4.38. The second-order valence-corrected chi connectivity index (χ2v) is 4.65. The number of ether oxygens (including phenoxy) is 1. The molecule has 5 heteroatoms. The lowest BCUT2D eigenvalue weighted by Gasteiger charge is -2.10. The monoisotopic (exact) mass is 291 g/mol. The highest BCUT2D eigenvalue weighted by atomic mass is 35.5. The Morgan fingerprint density at radius 1 is 1.30 bits per heavy atom. The van der Waals surface area contributed by atoms with E-state index in [1.807, 2.05) is 36.6 Å². The van der Waals surface area contributed by atoms with E-state index in [9.17, 15) is 9.59 Å². The first-order chi connectivity index (χ1) is 9.56. The van der Waals surface area contributed by atoms with E-state index in [0.717, 1.165) is 23.4 Å². The Bertz CT molecular complexity index is 644. The van der Waals surface area contributed by atoms with Gasteiger partial charge >= 0.3 is 5.97 Å². The molecule has 0 amide bonds. The molecule has 0 saturated carbocycles. The van der Waals surface area contributed by atoms with Crippen LogP contribution in [0, 0.1) is 13.8 Å². The third kappa shape index (κ3) is 2.75. The van der Waals surface area contributed by atoms with E-state index < -0.39 is 5.97 Å². The minimum atomic E-state index is -0.490. The zero-order chi connectivity index (χ0) is 14.7. The van der Waals surface area contributed by atoms with Gasteiger partial charge in [-0.2, -0.15) is 0 Å². The van der Waals surface area contributed by atoms with Gasteiger partial charge < -0.3 is 9.30 Å². The lowest BCUT2D eigenvalue weighted by Crippen LogP contribution is -2.09. The van der Waals surface area contributed by atoms with Crippen molar-refractivity contribution in [1.82, 2.24) is 4.57 Å². The van der Waals surface area contributed by atoms with Gasteiger partial charge in [-0.25, -0.2) is 0 Å². The summed E-state index contributed by atoms with van der Waals surface area (Å²) in [6.07, 6.45) is 0.843. The Hall–Kier alpha value is -2.07. The summed E-state index contributed by atoms with van der Waals surface area (Å²) in [7, 11) is 0. The lowest BCUT2D eigenvalue weighted by atomic mass is 10.2. The molecule has 0 atom stereocenters. The van der Waals surface area contributed by atoms with Crippen LogP contribution < -0.4 is 4.74 Å². The van der Waals surface area contributed by atoms with Crippen LogP contribution in [0.2, 0.25) is 0 Å². The van der Waals surface area contributed by atoms with E-state index in [0.29, 0.717) is 11.3 Å². The highest BCUT2D eigenvalue weighted by Crippen LogP contribution is 2.22. The standard InChI is InChI=1S/C15H14ClNO3/c1-10-7-12(9-18)11(2)17(10)13-3-5-14(6-4-13)20-15(19)8-16/h3-7,9H,8H2,1-2H3. The molecule has 104 valence electrons. The van der Waals surface area contributed by atoms with Gasteiger partial charge in [-0.15, -0.1) is 11.6 Å². The summed E-state index contributed by atoms with van der Waals surface area (Å²) >= 11 is 5.38. The van der Waals surface area contributed by atoms with Crippen LogP contribution in [0.1, 0.15) is 21.7 Å². The third-order valence-corrected chi connectivity index (χ3v) is 3.25. The minimum absolute atomic E-state index is 0.180. The molecule has 20 heavy (non-hydrogen) atoms. The van der Waals surface area contributed by atoms with Crippen molar-refractivity contribution in [3.63, 3.8) is 0 Å². The predicted octanol–water partition coefficient (Wildman–Crippen LogP) is 3.05. The number of aromatic nitrogens is 1. The highest BCUT2D eigenvalue weighted by molar-refractivity contribution is 6.26. The molecule has 4 nitrogen and oxygen atoms in total. The molecule has 0 aliphatic carbocycles. The van der Waals surface area contributed by atoms with E-state index in [-0.39, 0.29) is 5.88 Å². The maximum absolute atomic E-state index is 11.1. The molecule has 0 saturated heterocycles. The summed E-state index contributed by atoms with van der Waals surface area (Å²) in [5, 5.41) is 0. The van der Waals surface area contributed by atoms with E-state index in [1.54, 1.807) is 12.1 Å². The second kappa shape index (κ2) is 5.92. The average Bonchev–Trinajstić information content (AvgIpc) is 2.74. The first-order valence-electron chi connectivity index (χ1n) is 6.08. The molecule has 2 aromatic rings. The van der Waals surface area contributed by atoms with E-state index >= 15 is 0 Å². The quantitative estimate of drug-likeness (QED) is 0.376. The molecule has 0 N–H and O–H groups in total. The number of rotatable bonds is 4. The van der Waals surface area contributed by atoms with Gasteiger partial charge in [-0.1, -0.05) is 0 Å². The fraction of sp³-hybridized carbons (Fsp3) is 0.200. The summed E-state index contributed by atoms with van der Waals surface area (Å²) in [4.78, 5) is 22.0. The van der Waals surface area contributed by atoms with Gasteiger partial charge in [0, 0.05) is 22.6 Å². The number of esters is 1. The molecule has 0 radical (unpaired) electrons. The highest BCUT2D eigenvalue weighted by Gasteiger charge is 2.10. The molecule has 1 aromatic heterocycles. The topological polar surface area (TPSA) is 48.3 Å². The van der Waals surface area contributed by atoms with Crippen LogP contribution in [0.4, 0.5) is 0 Å². The molecule has 0 fully saturated rings. The molecular weight excluding hydrogens is 278 g/mol. The molecular formula is C15H14ClNO3. The minimum Gasteiger partial charge on any atom is -0.426 e. The molecule has 1 aromatic carbocycles. The van der Waals surface area contributed by atoms with Crippen LogP contribution >= 0.6 is 11.6 Å². The average molecular weight is 292 g/mol. The van der Waals surface area contributed by atoms with Crippen LogP contribution in [0.5, 0.6) is 5.75 Å². The summed E-state index contributed by atoms with van der Waals surface area (Å²) in [6, 6.07) is 8.87. The van der Waals surface area contributed by atoms with Crippen LogP contribution in [-0.4, -0.2) is 22.7 Å². The Morgan fingerprint density at radius 2 is 1.95 bits per heavy atom. The normalized spacial score (nSPS) is 10.3.